The van der Waals surface area contributed by atoms with E-state index in [0.29, 0.717) is 35.0 Å². The van der Waals surface area contributed by atoms with Crippen LogP contribution < -0.4 is 20.1 Å². The molecular weight excluding hydrogens is 390 g/mol. The number of benzene rings is 2. The number of aromatic nitrogens is 1. The number of carbonyl (C=O) groups is 2. The van der Waals surface area contributed by atoms with E-state index in [1.807, 2.05) is 12.3 Å². The van der Waals surface area contributed by atoms with Crippen molar-refractivity contribution in [3.8, 4) is 11.5 Å². The van der Waals surface area contributed by atoms with Crippen molar-refractivity contribution in [1.29, 1.82) is 0 Å². The molecule has 3 aromatic rings. The van der Waals surface area contributed by atoms with Crippen molar-refractivity contribution in [1.82, 2.24) is 4.98 Å². The average Bonchev–Trinajstić information content (AvgIpc) is 3.12. The third-order valence-electron chi connectivity index (χ3n) is 3.91. The first-order valence-electron chi connectivity index (χ1n) is 8.85. The summed E-state index contributed by atoms with van der Waals surface area (Å²) in [5.41, 5.74) is 2.46. The van der Waals surface area contributed by atoms with Crippen molar-refractivity contribution in [3.05, 3.63) is 64.1 Å². The summed E-state index contributed by atoms with van der Waals surface area (Å²) in [6.45, 7) is 3.74. The van der Waals surface area contributed by atoms with E-state index in [2.05, 4.69) is 15.6 Å². The number of thiazole rings is 1. The molecule has 0 fully saturated rings. The zero-order chi connectivity index (χ0) is 20.8. The topological polar surface area (TPSA) is 89.6 Å². The molecule has 1 heterocycles. The predicted molar refractivity (Wildman–Crippen MR) is 113 cm³/mol. The van der Waals surface area contributed by atoms with Crippen molar-refractivity contribution in [2.75, 3.05) is 17.7 Å². The minimum atomic E-state index is -0.301. The van der Waals surface area contributed by atoms with Crippen LogP contribution in [0.3, 0.4) is 0 Å². The van der Waals surface area contributed by atoms with E-state index in [1.165, 1.54) is 14.0 Å². The highest BCUT2D eigenvalue weighted by Crippen LogP contribution is 2.28. The largest absolute Gasteiger partial charge is 0.495 e. The first-order chi connectivity index (χ1) is 13.9. The third kappa shape index (κ3) is 5.55. The lowest BCUT2D eigenvalue weighted by Gasteiger charge is -2.12. The fourth-order valence-electron chi connectivity index (χ4n) is 2.60. The SMILES string of the molecule is COc1ccc(NC(C)=O)cc1NC(=O)c1ccc(OCc2nc(C)cs2)cc1. The Hall–Kier alpha value is -3.39. The van der Waals surface area contributed by atoms with Crippen molar-refractivity contribution < 1.29 is 19.1 Å². The molecule has 0 unspecified atom stereocenters. The van der Waals surface area contributed by atoms with E-state index in [-0.39, 0.29) is 11.8 Å². The number of rotatable bonds is 7. The zero-order valence-electron chi connectivity index (χ0n) is 16.3. The molecule has 0 saturated heterocycles. The van der Waals surface area contributed by atoms with E-state index in [4.69, 9.17) is 9.47 Å². The Kier molecular flexibility index (Phi) is 6.46. The van der Waals surface area contributed by atoms with Crippen LogP contribution in [0.15, 0.2) is 47.8 Å². The fraction of sp³-hybridized carbons (Fsp3) is 0.190. The maximum absolute atomic E-state index is 12.6. The second-order valence-corrected chi connectivity index (χ2v) is 7.19. The molecule has 7 nitrogen and oxygen atoms in total. The molecule has 0 aliphatic carbocycles. The van der Waals surface area contributed by atoms with Gasteiger partial charge >= 0.3 is 0 Å². The molecule has 2 N–H and O–H groups in total. The Morgan fingerprint density at radius 2 is 1.86 bits per heavy atom. The molecule has 0 aliphatic heterocycles. The quantitative estimate of drug-likeness (QED) is 0.607. The summed E-state index contributed by atoms with van der Waals surface area (Å²) in [6, 6.07) is 11.9. The highest BCUT2D eigenvalue weighted by atomic mass is 32.1. The normalized spacial score (nSPS) is 10.3. The van der Waals surface area contributed by atoms with Gasteiger partial charge in [-0.1, -0.05) is 0 Å². The van der Waals surface area contributed by atoms with Gasteiger partial charge in [0.25, 0.3) is 5.91 Å². The number of nitrogens with zero attached hydrogens (tertiary/aromatic N) is 1. The number of ether oxygens (including phenoxy) is 2. The molecule has 3 rings (SSSR count). The summed E-state index contributed by atoms with van der Waals surface area (Å²) in [7, 11) is 1.51. The predicted octanol–water partition coefficient (Wildman–Crippen LogP) is 4.25. The van der Waals surface area contributed by atoms with Gasteiger partial charge in [-0.25, -0.2) is 4.98 Å². The van der Waals surface area contributed by atoms with E-state index < -0.39 is 0 Å². The van der Waals surface area contributed by atoms with Crippen LogP contribution in [0.2, 0.25) is 0 Å². The van der Waals surface area contributed by atoms with Gasteiger partial charge in [0.15, 0.2) is 0 Å². The number of methoxy groups -OCH3 is 1. The Labute approximate surface area is 172 Å². The second-order valence-electron chi connectivity index (χ2n) is 6.25. The lowest BCUT2D eigenvalue weighted by molar-refractivity contribution is -0.114. The van der Waals surface area contributed by atoms with Gasteiger partial charge in [0.05, 0.1) is 12.8 Å². The lowest BCUT2D eigenvalue weighted by Crippen LogP contribution is -2.13. The molecule has 0 saturated carbocycles. The molecule has 0 spiro atoms. The van der Waals surface area contributed by atoms with Gasteiger partial charge in [-0.2, -0.15) is 0 Å². The highest BCUT2D eigenvalue weighted by Gasteiger charge is 2.12. The monoisotopic (exact) mass is 411 g/mol. The number of hydrogen-bond donors (Lipinski definition) is 2. The van der Waals surface area contributed by atoms with Crippen LogP contribution in [0.4, 0.5) is 11.4 Å². The first-order valence-corrected chi connectivity index (χ1v) is 9.73. The van der Waals surface area contributed by atoms with Crippen LogP contribution in [0.5, 0.6) is 11.5 Å². The van der Waals surface area contributed by atoms with Crippen LogP contribution in [-0.2, 0) is 11.4 Å². The van der Waals surface area contributed by atoms with Gasteiger partial charge in [0.2, 0.25) is 5.91 Å². The summed E-state index contributed by atoms with van der Waals surface area (Å²) < 4.78 is 11.0. The van der Waals surface area contributed by atoms with E-state index in [9.17, 15) is 9.59 Å². The molecule has 2 amide bonds. The van der Waals surface area contributed by atoms with Crippen LogP contribution in [0.25, 0.3) is 0 Å². The Balaban J connectivity index is 1.66. The molecular formula is C21H21N3O4S. The number of carbonyl (C=O) groups excluding carboxylic acids is 2. The minimum absolute atomic E-state index is 0.198. The van der Waals surface area contributed by atoms with Gasteiger partial charge in [-0.3, -0.25) is 9.59 Å². The Bertz CT molecular complexity index is 1020. The van der Waals surface area contributed by atoms with Crippen molar-refractivity contribution in [3.63, 3.8) is 0 Å². The third-order valence-corrected chi connectivity index (χ3v) is 4.85. The summed E-state index contributed by atoms with van der Waals surface area (Å²) in [5, 5.41) is 8.36. The van der Waals surface area contributed by atoms with Crippen LogP contribution in [-0.4, -0.2) is 23.9 Å². The fourth-order valence-corrected chi connectivity index (χ4v) is 3.28. The van der Waals surface area contributed by atoms with Gasteiger partial charge in [0, 0.05) is 29.2 Å². The number of aryl methyl sites for hydroxylation is 1. The number of nitrogens with one attached hydrogen (secondary N) is 2. The Morgan fingerprint density at radius 1 is 1.10 bits per heavy atom. The maximum atomic E-state index is 12.6. The van der Waals surface area contributed by atoms with Gasteiger partial charge < -0.3 is 20.1 Å². The molecule has 150 valence electrons. The van der Waals surface area contributed by atoms with Crippen LogP contribution in [0.1, 0.15) is 28.0 Å². The van der Waals surface area contributed by atoms with E-state index in [1.54, 1.807) is 53.8 Å². The number of anilines is 2. The average molecular weight is 411 g/mol. The van der Waals surface area contributed by atoms with Crippen LogP contribution >= 0.6 is 11.3 Å². The van der Waals surface area contributed by atoms with Gasteiger partial charge in [-0.15, -0.1) is 11.3 Å². The van der Waals surface area contributed by atoms with Crippen molar-refractivity contribution in [2.24, 2.45) is 0 Å². The summed E-state index contributed by atoms with van der Waals surface area (Å²) in [6.07, 6.45) is 0. The van der Waals surface area contributed by atoms with Crippen molar-refractivity contribution >= 4 is 34.5 Å². The molecule has 2 aromatic carbocycles. The lowest BCUT2D eigenvalue weighted by atomic mass is 10.2. The number of hydrogen-bond acceptors (Lipinski definition) is 6. The molecule has 0 atom stereocenters. The molecule has 0 aliphatic rings. The smallest absolute Gasteiger partial charge is 0.255 e. The van der Waals surface area contributed by atoms with Crippen LogP contribution in [0, 0.1) is 6.92 Å². The molecule has 29 heavy (non-hydrogen) atoms. The second kappa shape index (κ2) is 9.20. The summed E-state index contributed by atoms with van der Waals surface area (Å²) >= 11 is 1.55. The summed E-state index contributed by atoms with van der Waals surface area (Å²) in [4.78, 5) is 28.2. The summed E-state index contributed by atoms with van der Waals surface area (Å²) in [5.74, 6) is 0.645. The van der Waals surface area contributed by atoms with E-state index in [0.717, 1.165) is 10.7 Å². The van der Waals surface area contributed by atoms with Crippen molar-refractivity contribution in [2.45, 2.75) is 20.5 Å². The maximum Gasteiger partial charge on any atom is 0.255 e. The number of amides is 2. The van der Waals surface area contributed by atoms with Gasteiger partial charge in [-0.05, 0) is 49.4 Å². The minimum Gasteiger partial charge on any atom is -0.495 e. The van der Waals surface area contributed by atoms with E-state index >= 15 is 0 Å². The molecule has 8 heteroatoms. The van der Waals surface area contributed by atoms with Gasteiger partial charge in [0.1, 0.15) is 23.1 Å². The standard InChI is InChI=1S/C21H21N3O4S/c1-13-12-29-20(22-13)11-28-17-7-4-15(5-8-17)21(26)24-18-10-16(23-14(2)25)6-9-19(18)27-3/h4-10,12H,11H2,1-3H3,(H,23,25)(H,24,26). The Morgan fingerprint density at radius 3 is 2.48 bits per heavy atom. The molecule has 0 bridgehead atoms. The molecule has 0 radical (unpaired) electrons. The highest BCUT2D eigenvalue weighted by molar-refractivity contribution is 7.09. The molecule has 1 aromatic heterocycles. The zero-order valence-corrected chi connectivity index (χ0v) is 17.1. The first kappa shape index (κ1) is 20.3.